The summed E-state index contributed by atoms with van der Waals surface area (Å²) in [5.74, 6) is -0.683. The first-order chi connectivity index (χ1) is 10.0. The van der Waals surface area contributed by atoms with Gasteiger partial charge < -0.3 is 20.1 Å². The molecule has 0 aromatic rings. The van der Waals surface area contributed by atoms with E-state index < -0.39 is 11.9 Å². The van der Waals surface area contributed by atoms with Gasteiger partial charge in [-0.25, -0.2) is 4.79 Å². The lowest BCUT2D eigenvalue weighted by atomic mass is 10.0. The molecule has 0 aliphatic heterocycles. The van der Waals surface area contributed by atoms with Crippen molar-refractivity contribution in [3.8, 4) is 0 Å². The van der Waals surface area contributed by atoms with Crippen LogP contribution in [0.3, 0.4) is 0 Å². The van der Waals surface area contributed by atoms with Gasteiger partial charge in [-0.05, 0) is 38.5 Å². The van der Waals surface area contributed by atoms with E-state index in [1.165, 1.54) is 12.8 Å². The van der Waals surface area contributed by atoms with Gasteiger partial charge in [-0.1, -0.05) is 6.42 Å². The summed E-state index contributed by atoms with van der Waals surface area (Å²) in [6.07, 6.45) is 4.59. The summed E-state index contributed by atoms with van der Waals surface area (Å²) in [6.45, 7) is 3.11. The maximum absolute atomic E-state index is 12.5. The van der Waals surface area contributed by atoms with E-state index in [2.05, 4.69) is 12.2 Å². The van der Waals surface area contributed by atoms with E-state index >= 15 is 0 Å². The molecule has 2 aliphatic rings. The van der Waals surface area contributed by atoms with E-state index in [1.54, 1.807) is 12.0 Å². The predicted molar refractivity (Wildman–Crippen MR) is 78.1 cm³/mol. The molecule has 0 radical (unpaired) electrons. The fraction of sp³-hybridized carbons (Fsp3) is 0.867. The van der Waals surface area contributed by atoms with Crippen LogP contribution in [0.4, 0.5) is 4.79 Å². The molecule has 0 heterocycles. The maximum atomic E-state index is 12.5. The number of carboxylic acid groups (broad SMARTS) is 1. The van der Waals surface area contributed by atoms with Crippen LogP contribution in [0.15, 0.2) is 0 Å². The van der Waals surface area contributed by atoms with E-state index in [0.29, 0.717) is 25.5 Å². The van der Waals surface area contributed by atoms with Crippen molar-refractivity contribution in [3.63, 3.8) is 0 Å². The molecular weight excluding hydrogens is 272 g/mol. The monoisotopic (exact) mass is 298 g/mol. The number of urea groups is 1. The second-order valence-corrected chi connectivity index (χ2v) is 6.20. The summed E-state index contributed by atoms with van der Waals surface area (Å²) in [6, 6.07) is -0.208. The highest BCUT2D eigenvalue weighted by atomic mass is 16.5. The number of methoxy groups -OCH3 is 1. The zero-order valence-corrected chi connectivity index (χ0v) is 12.9. The Kier molecular flexibility index (Phi) is 5.45. The molecule has 2 rings (SSSR count). The Labute approximate surface area is 125 Å². The number of carboxylic acids is 1. The van der Waals surface area contributed by atoms with E-state index in [-0.39, 0.29) is 18.1 Å². The Morgan fingerprint density at radius 2 is 2.05 bits per heavy atom. The molecule has 0 spiro atoms. The fourth-order valence-electron chi connectivity index (χ4n) is 3.18. The zero-order chi connectivity index (χ0) is 15.4. The third-order valence-electron chi connectivity index (χ3n) is 4.74. The van der Waals surface area contributed by atoms with Crippen molar-refractivity contribution in [1.29, 1.82) is 0 Å². The molecule has 6 nitrogen and oxygen atoms in total. The van der Waals surface area contributed by atoms with Crippen LogP contribution in [0.1, 0.15) is 39.0 Å². The van der Waals surface area contributed by atoms with Crippen LogP contribution in [-0.4, -0.2) is 54.4 Å². The molecule has 0 aromatic carbocycles. The average Bonchev–Trinajstić information content (AvgIpc) is 3.19. The largest absolute Gasteiger partial charge is 0.481 e. The first-order valence-electron chi connectivity index (χ1n) is 7.83. The molecule has 2 aliphatic carbocycles. The lowest BCUT2D eigenvalue weighted by Gasteiger charge is -2.31. The third-order valence-corrected chi connectivity index (χ3v) is 4.74. The Morgan fingerprint density at radius 1 is 1.33 bits per heavy atom. The topological polar surface area (TPSA) is 78.9 Å². The molecule has 0 saturated heterocycles. The Bertz CT molecular complexity index is 384. The number of carbonyl (C=O) groups is 2. The van der Waals surface area contributed by atoms with E-state index in [1.807, 2.05) is 0 Å². The van der Waals surface area contributed by atoms with Gasteiger partial charge in [-0.15, -0.1) is 0 Å². The lowest BCUT2D eigenvalue weighted by molar-refractivity contribution is -0.142. The van der Waals surface area contributed by atoms with Crippen LogP contribution < -0.4 is 5.32 Å². The normalized spacial score (nSPS) is 26.4. The lowest BCUT2D eigenvalue weighted by Crippen LogP contribution is -2.51. The predicted octanol–water partition coefficient (Wildman–Crippen LogP) is 1.70. The summed E-state index contributed by atoms with van der Waals surface area (Å²) in [7, 11) is 1.62. The fourth-order valence-corrected chi connectivity index (χ4v) is 3.18. The molecular formula is C15H26N2O4. The third kappa shape index (κ3) is 4.09. The van der Waals surface area contributed by atoms with Crippen LogP contribution in [0.25, 0.3) is 0 Å². The summed E-state index contributed by atoms with van der Waals surface area (Å²) in [4.78, 5) is 25.5. The standard InChI is InChI=1S/C15H26N2O4/c1-10(11-6-7-11)17(8-9-21-2)15(20)16-13-5-3-4-12(13)14(18)19/h10-13H,3-9H2,1-2H3,(H,16,20)(H,18,19). The SMILES string of the molecule is COCCN(C(=O)NC1CCCC1C(=O)O)C(C)C1CC1. The van der Waals surface area contributed by atoms with Gasteiger partial charge in [0.05, 0.1) is 12.5 Å². The molecule has 120 valence electrons. The van der Waals surface area contributed by atoms with Crippen molar-refractivity contribution in [1.82, 2.24) is 10.2 Å². The second-order valence-electron chi connectivity index (χ2n) is 6.20. The van der Waals surface area contributed by atoms with Gasteiger partial charge in [0.25, 0.3) is 0 Å². The van der Waals surface area contributed by atoms with Crippen molar-refractivity contribution in [2.45, 2.75) is 51.1 Å². The Balaban J connectivity index is 1.95. The molecule has 21 heavy (non-hydrogen) atoms. The number of nitrogens with one attached hydrogen (secondary N) is 1. The van der Waals surface area contributed by atoms with Crippen LogP contribution in [0.5, 0.6) is 0 Å². The Morgan fingerprint density at radius 3 is 2.62 bits per heavy atom. The molecule has 0 aromatic heterocycles. The number of ether oxygens (including phenoxy) is 1. The summed E-state index contributed by atoms with van der Waals surface area (Å²) in [5, 5.41) is 12.1. The zero-order valence-electron chi connectivity index (χ0n) is 12.9. The summed E-state index contributed by atoms with van der Waals surface area (Å²) < 4.78 is 5.09. The van der Waals surface area contributed by atoms with Crippen molar-refractivity contribution < 1.29 is 19.4 Å². The molecule has 2 amide bonds. The number of nitrogens with zero attached hydrogens (tertiary/aromatic N) is 1. The van der Waals surface area contributed by atoms with Crippen LogP contribution >= 0.6 is 0 Å². The highest BCUT2D eigenvalue weighted by Gasteiger charge is 2.38. The van der Waals surface area contributed by atoms with Gasteiger partial charge in [0.1, 0.15) is 0 Å². The van der Waals surface area contributed by atoms with Gasteiger partial charge in [0, 0.05) is 25.7 Å². The highest BCUT2D eigenvalue weighted by Crippen LogP contribution is 2.35. The number of hydrogen-bond donors (Lipinski definition) is 2. The molecule has 2 fully saturated rings. The number of aliphatic carboxylic acids is 1. The maximum Gasteiger partial charge on any atom is 0.317 e. The van der Waals surface area contributed by atoms with Crippen molar-refractivity contribution >= 4 is 12.0 Å². The smallest absolute Gasteiger partial charge is 0.317 e. The van der Waals surface area contributed by atoms with Crippen LogP contribution in [-0.2, 0) is 9.53 Å². The molecule has 3 unspecified atom stereocenters. The number of amides is 2. The first-order valence-corrected chi connectivity index (χ1v) is 7.83. The minimum atomic E-state index is -0.809. The van der Waals surface area contributed by atoms with E-state index in [4.69, 9.17) is 4.74 Å². The van der Waals surface area contributed by atoms with Crippen LogP contribution in [0.2, 0.25) is 0 Å². The van der Waals surface area contributed by atoms with Gasteiger partial charge in [-0.2, -0.15) is 0 Å². The molecule has 3 atom stereocenters. The molecule has 0 bridgehead atoms. The van der Waals surface area contributed by atoms with E-state index in [0.717, 1.165) is 12.8 Å². The second kappa shape index (κ2) is 7.11. The summed E-state index contributed by atoms with van der Waals surface area (Å²) in [5.41, 5.74) is 0. The number of hydrogen-bond acceptors (Lipinski definition) is 3. The van der Waals surface area contributed by atoms with Gasteiger partial charge >= 0.3 is 12.0 Å². The molecule has 6 heteroatoms. The van der Waals surface area contributed by atoms with E-state index in [9.17, 15) is 14.7 Å². The van der Waals surface area contributed by atoms with Gasteiger partial charge in [0.15, 0.2) is 0 Å². The van der Waals surface area contributed by atoms with Crippen molar-refractivity contribution in [2.24, 2.45) is 11.8 Å². The van der Waals surface area contributed by atoms with Gasteiger partial charge in [0.2, 0.25) is 0 Å². The van der Waals surface area contributed by atoms with Crippen molar-refractivity contribution in [3.05, 3.63) is 0 Å². The Hall–Kier alpha value is -1.30. The highest BCUT2D eigenvalue weighted by molar-refractivity contribution is 5.77. The van der Waals surface area contributed by atoms with Gasteiger partial charge in [-0.3, -0.25) is 4.79 Å². The molecule has 2 saturated carbocycles. The van der Waals surface area contributed by atoms with Crippen molar-refractivity contribution in [2.75, 3.05) is 20.3 Å². The molecule has 2 N–H and O–H groups in total. The number of carbonyl (C=O) groups excluding carboxylic acids is 1. The average molecular weight is 298 g/mol. The summed E-state index contributed by atoms with van der Waals surface area (Å²) >= 11 is 0. The number of rotatable bonds is 7. The first kappa shape index (κ1) is 16.1. The quantitative estimate of drug-likeness (QED) is 0.750. The minimum Gasteiger partial charge on any atom is -0.481 e. The van der Waals surface area contributed by atoms with Crippen LogP contribution in [0, 0.1) is 11.8 Å². The minimum absolute atomic E-state index is 0.149.